The number of aromatic nitrogens is 3. The van der Waals surface area contributed by atoms with Crippen molar-refractivity contribution in [3.05, 3.63) is 95.0 Å². The molecular formula is C30H25N7O9S2. The van der Waals surface area contributed by atoms with Crippen molar-refractivity contribution in [3.63, 3.8) is 0 Å². The van der Waals surface area contributed by atoms with E-state index in [-0.39, 0.29) is 16.8 Å². The maximum atomic E-state index is 13.3. The molecule has 2 aromatic heterocycles. The summed E-state index contributed by atoms with van der Waals surface area (Å²) < 4.78 is 68.4. The molecular weight excluding hydrogens is 667 g/mol. The van der Waals surface area contributed by atoms with Crippen LogP contribution in [0.2, 0.25) is 0 Å². The van der Waals surface area contributed by atoms with Crippen LogP contribution in [0.15, 0.2) is 114 Å². The number of para-hydroxylation sites is 1. The Morgan fingerprint density at radius 2 is 1.38 bits per heavy atom. The Labute approximate surface area is 272 Å². The molecule has 6 N–H and O–H groups in total. The lowest BCUT2D eigenvalue weighted by Gasteiger charge is -2.22. The molecule has 18 heteroatoms. The molecule has 0 bridgehead atoms. The summed E-state index contributed by atoms with van der Waals surface area (Å²) in [7, 11) is -8.22. The first-order valence-electron chi connectivity index (χ1n) is 13.7. The third-order valence-corrected chi connectivity index (χ3v) is 9.25. The second kappa shape index (κ2) is 11.9. The molecule has 0 saturated carbocycles. The standard InChI is InChI=1S/C30H25N7O9S2/c1-16-25(30(40)37(36(16)2)18-8-4-3-5-9-18)33-35-27-23(48(44,45)46)15-17-14-22(47(41,42)43)26(28(38)24(17)29(27)39)34-32-21-12-6-11-20-19(21)10-7-13-31-20/h3-15,38-39,44-46H,1-2H3,(H,41,42,43). The Balaban J connectivity index is 1.58. The number of rotatable bonds is 7. The van der Waals surface area contributed by atoms with Crippen molar-refractivity contribution in [1.82, 2.24) is 14.3 Å². The van der Waals surface area contributed by atoms with E-state index in [0.717, 1.165) is 12.1 Å². The maximum absolute atomic E-state index is 13.3. The average molecular weight is 692 g/mol. The lowest BCUT2D eigenvalue weighted by Crippen LogP contribution is -2.19. The average Bonchev–Trinajstić information content (AvgIpc) is 3.25. The smallest absolute Gasteiger partial charge is 0.299 e. The van der Waals surface area contributed by atoms with Crippen LogP contribution in [0.5, 0.6) is 11.5 Å². The minimum absolute atomic E-state index is 0.203. The normalized spacial score (nSPS) is 13.0. The van der Waals surface area contributed by atoms with Crippen molar-refractivity contribution in [2.24, 2.45) is 27.5 Å². The summed E-state index contributed by atoms with van der Waals surface area (Å²) in [4.78, 5) is 15.8. The largest absolute Gasteiger partial charge is 0.505 e. The second-order valence-corrected chi connectivity index (χ2v) is 13.3. The fraction of sp³-hybridized carbons (Fsp3) is 0.0667. The van der Waals surface area contributed by atoms with E-state index in [9.17, 15) is 41.6 Å². The van der Waals surface area contributed by atoms with Gasteiger partial charge in [-0.2, -0.15) is 8.42 Å². The number of pyridine rings is 1. The van der Waals surface area contributed by atoms with Crippen molar-refractivity contribution < 1.29 is 36.8 Å². The monoisotopic (exact) mass is 691 g/mol. The minimum atomic E-state index is -5.12. The SMILES string of the molecule is Cc1c(N=Nc2c(S(O)(O)O)cc3cc(S(=O)(=O)O)c(N=Nc4cccc5ncccc45)c(O)c3c2O)c(=O)n(-c2ccccc2)n1C. The van der Waals surface area contributed by atoms with E-state index in [0.29, 0.717) is 22.3 Å². The Bertz CT molecular complexity index is 2480. The van der Waals surface area contributed by atoms with E-state index in [2.05, 4.69) is 25.4 Å². The molecule has 246 valence electrons. The zero-order valence-electron chi connectivity index (χ0n) is 24.9. The summed E-state index contributed by atoms with van der Waals surface area (Å²) in [5.41, 5.74) is -0.760. The lowest BCUT2D eigenvalue weighted by atomic mass is 10.1. The molecule has 0 aliphatic carbocycles. The number of phenols is 2. The van der Waals surface area contributed by atoms with Crippen molar-refractivity contribution >= 4 is 65.4 Å². The third kappa shape index (κ3) is 5.68. The van der Waals surface area contributed by atoms with Crippen LogP contribution in [-0.2, 0) is 17.2 Å². The van der Waals surface area contributed by atoms with Crippen LogP contribution < -0.4 is 5.56 Å². The first kappa shape index (κ1) is 32.4. The highest BCUT2D eigenvalue weighted by atomic mass is 32.3. The van der Waals surface area contributed by atoms with Crippen LogP contribution in [0.1, 0.15) is 5.69 Å². The van der Waals surface area contributed by atoms with Gasteiger partial charge in [0.15, 0.2) is 17.2 Å². The van der Waals surface area contributed by atoms with E-state index in [1.807, 2.05) is 0 Å². The lowest BCUT2D eigenvalue weighted by molar-refractivity contribution is 0.375. The maximum Gasteiger partial charge on any atom is 0.299 e. The van der Waals surface area contributed by atoms with Gasteiger partial charge in [0.25, 0.3) is 15.7 Å². The molecule has 0 aliphatic rings. The topological polar surface area (TPSA) is 245 Å². The number of hydrogen-bond acceptors (Lipinski definition) is 13. The number of hydrogen-bond donors (Lipinski definition) is 6. The molecule has 0 atom stereocenters. The fourth-order valence-corrected chi connectivity index (χ4v) is 6.45. The van der Waals surface area contributed by atoms with E-state index in [4.69, 9.17) is 0 Å². The van der Waals surface area contributed by atoms with Gasteiger partial charge in [-0.25, -0.2) is 4.68 Å². The number of nitrogens with zero attached hydrogens (tertiary/aromatic N) is 7. The van der Waals surface area contributed by atoms with Gasteiger partial charge in [-0.05, 0) is 60.8 Å². The molecule has 16 nitrogen and oxygen atoms in total. The summed E-state index contributed by atoms with van der Waals surface area (Å²) in [6.07, 6.45) is 1.56. The van der Waals surface area contributed by atoms with E-state index in [1.165, 1.54) is 9.36 Å². The summed E-state index contributed by atoms with van der Waals surface area (Å²) >= 11 is 0. The van der Waals surface area contributed by atoms with Crippen LogP contribution >= 0.6 is 10.9 Å². The van der Waals surface area contributed by atoms with Gasteiger partial charge in [-0.15, -0.1) is 20.5 Å². The van der Waals surface area contributed by atoms with Gasteiger partial charge in [0.1, 0.15) is 27.1 Å². The molecule has 0 amide bonds. The zero-order chi connectivity index (χ0) is 34.5. The van der Waals surface area contributed by atoms with Crippen molar-refractivity contribution in [3.8, 4) is 17.2 Å². The highest BCUT2D eigenvalue weighted by Crippen LogP contribution is 2.57. The Morgan fingerprint density at radius 3 is 2.04 bits per heavy atom. The van der Waals surface area contributed by atoms with Gasteiger partial charge in [-0.3, -0.25) is 19.0 Å². The van der Waals surface area contributed by atoms with Crippen LogP contribution in [0.4, 0.5) is 22.7 Å². The van der Waals surface area contributed by atoms with Gasteiger partial charge in [0, 0.05) is 18.6 Å². The van der Waals surface area contributed by atoms with E-state index < -0.39 is 64.6 Å². The molecule has 0 unspecified atom stereocenters. The van der Waals surface area contributed by atoms with Crippen LogP contribution in [0.25, 0.3) is 27.4 Å². The van der Waals surface area contributed by atoms with Gasteiger partial charge in [-0.1, -0.05) is 24.3 Å². The summed E-state index contributed by atoms with van der Waals surface area (Å²) in [6, 6.07) is 18.4. The van der Waals surface area contributed by atoms with Gasteiger partial charge in [0.05, 0.1) is 32.9 Å². The molecule has 6 aromatic rings. The predicted molar refractivity (Wildman–Crippen MR) is 177 cm³/mol. The molecule has 0 spiro atoms. The zero-order valence-corrected chi connectivity index (χ0v) is 26.5. The Morgan fingerprint density at radius 1 is 0.750 bits per heavy atom. The third-order valence-electron chi connectivity index (χ3n) is 7.48. The van der Waals surface area contributed by atoms with Crippen LogP contribution in [-0.4, -0.2) is 51.2 Å². The second-order valence-electron chi connectivity index (χ2n) is 10.4. The van der Waals surface area contributed by atoms with E-state index in [1.54, 1.807) is 80.8 Å². The Hall–Kier alpha value is -5.50. The van der Waals surface area contributed by atoms with Crippen LogP contribution in [0.3, 0.4) is 0 Å². The number of phenolic OH excluding ortho intramolecular Hbond substituents is 2. The van der Waals surface area contributed by atoms with Gasteiger partial charge < -0.3 is 23.9 Å². The molecule has 0 saturated heterocycles. The fourth-order valence-electron chi connectivity index (χ4n) is 5.11. The molecule has 0 radical (unpaired) electrons. The number of fused-ring (bicyclic) bond motifs is 2. The number of benzene rings is 4. The minimum Gasteiger partial charge on any atom is -0.505 e. The highest BCUT2D eigenvalue weighted by Gasteiger charge is 2.30. The van der Waals surface area contributed by atoms with Crippen molar-refractivity contribution in [2.45, 2.75) is 16.7 Å². The highest BCUT2D eigenvalue weighted by molar-refractivity contribution is 8.19. The summed E-state index contributed by atoms with van der Waals surface area (Å²) in [5, 5.41) is 38.1. The molecule has 0 fully saturated rings. The molecule has 48 heavy (non-hydrogen) atoms. The molecule has 2 heterocycles. The number of azo groups is 2. The Kier molecular flexibility index (Phi) is 8.07. The first-order valence-corrected chi connectivity index (χ1v) is 16.7. The number of aromatic hydroxyl groups is 2. The summed E-state index contributed by atoms with van der Waals surface area (Å²) in [6.45, 7) is 1.57. The molecule has 4 aromatic carbocycles. The first-order chi connectivity index (χ1) is 22.7. The van der Waals surface area contributed by atoms with E-state index >= 15 is 0 Å². The molecule has 0 aliphatic heterocycles. The molecule has 6 rings (SSSR count). The summed E-state index contributed by atoms with van der Waals surface area (Å²) in [5.74, 6) is -2.00. The quantitative estimate of drug-likeness (QED) is 0.0722. The van der Waals surface area contributed by atoms with Crippen molar-refractivity contribution in [2.75, 3.05) is 0 Å². The van der Waals surface area contributed by atoms with Gasteiger partial charge >= 0.3 is 0 Å². The van der Waals surface area contributed by atoms with Crippen molar-refractivity contribution in [1.29, 1.82) is 0 Å². The predicted octanol–water partition coefficient (Wildman–Crippen LogP) is 7.26. The van der Waals surface area contributed by atoms with Crippen LogP contribution in [0, 0.1) is 6.92 Å². The van der Waals surface area contributed by atoms with Gasteiger partial charge in [0.2, 0.25) is 0 Å².